The lowest BCUT2D eigenvalue weighted by molar-refractivity contribution is 0.350. The summed E-state index contributed by atoms with van der Waals surface area (Å²) in [6.45, 7) is 10.2. The SMILES string of the molecule is COc1cc(Oc2cnc(NC(C)(C)C)nc2N)c(C(C)C)cc1OC. The van der Waals surface area contributed by atoms with Gasteiger partial charge in [0.05, 0.1) is 20.4 Å². The molecule has 2 rings (SSSR count). The molecule has 0 unspecified atom stereocenters. The summed E-state index contributed by atoms with van der Waals surface area (Å²) in [5.41, 5.74) is 6.88. The monoisotopic (exact) mass is 360 g/mol. The van der Waals surface area contributed by atoms with Crippen molar-refractivity contribution in [2.24, 2.45) is 0 Å². The quantitative estimate of drug-likeness (QED) is 0.797. The Morgan fingerprint density at radius 1 is 1.00 bits per heavy atom. The normalized spacial score (nSPS) is 11.4. The van der Waals surface area contributed by atoms with Crippen LogP contribution >= 0.6 is 0 Å². The number of rotatable bonds is 6. The summed E-state index contributed by atoms with van der Waals surface area (Å²) in [7, 11) is 3.19. The molecule has 0 bridgehead atoms. The van der Waals surface area contributed by atoms with Crippen molar-refractivity contribution in [1.82, 2.24) is 9.97 Å². The van der Waals surface area contributed by atoms with Gasteiger partial charge in [0.2, 0.25) is 5.95 Å². The number of hydrogen-bond donors (Lipinski definition) is 2. The van der Waals surface area contributed by atoms with Gasteiger partial charge in [0.1, 0.15) is 5.75 Å². The van der Waals surface area contributed by atoms with E-state index in [4.69, 9.17) is 19.9 Å². The van der Waals surface area contributed by atoms with Crippen LogP contribution in [-0.2, 0) is 0 Å². The van der Waals surface area contributed by atoms with E-state index in [1.807, 2.05) is 26.8 Å². The highest BCUT2D eigenvalue weighted by Crippen LogP contribution is 2.40. The van der Waals surface area contributed by atoms with Crippen LogP contribution in [0.3, 0.4) is 0 Å². The number of aromatic nitrogens is 2. The minimum atomic E-state index is -0.164. The highest BCUT2D eigenvalue weighted by atomic mass is 16.5. The van der Waals surface area contributed by atoms with Crippen LogP contribution in [-0.4, -0.2) is 29.7 Å². The van der Waals surface area contributed by atoms with Crippen LogP contribution in [0.5, 0.6) is 23.0 Å². The molecule has 26 heavy (non-hydrogen) atoms. The van der Waals surface area contributed by atoms with Crippen LogP contribution in [0.1, 0.15) is 46.1 Å². The highest BCUT2D eigenvalue weighted by Gasteiger charge is 2.18. The summed E-state index contributed by atoms with van der Waals surface area (Å²) < 4.78 is 16.8. The molecule has 7 heteroatoms. The summed E-state index contributed by atoms with van der Waals surface area (Å²) in [5, 5.41) is 3.18. The molecular weight excluding hydrogens is 332 g/mol. The molecule has 0 atom stereocenters. The molecule has 7 nitrogen and oxygen atoms in total. The predicted molar refractivity (Wildman–Crippen MR) is 104 cm³/mol. The topological polar surface area (TPSA) is 91.5 Å². The molecule has 3 N–H and O–H groups in total. The molecule has 0 fully saturated rings. The van der Waals surface area contributed by atoms with Crippen molar-refractivity contribution in [3.8, 4) is 23.0 Å². The highest BCUT2D eigenvalue weighted by molar-refractivity contribution is 5.56. The number of hydrogen-bond acceptors (Lipinski definition) is 7. The molecular formula is C19H28N4O3. The van der Waals surface area contributed by atoms with E-state index in [0.717, 1.165) is 5.56 Å². The molecule has 0 aliphatic heterocycles. The first kappa shape index (κ1) is 19.6. The second-order valence-corrected chi connectivity index (χ2v) is 7.32. The maximum Gasteiger partial charge on any atom is 0.225 e. The lowest BCUT2D eigenvalue weighted by atomic mass is 10.0. The van der Waals surface area contributed by atoms with E-state index in [1.165, 1.54) is 0 Å². The van der Waals surface area contributed by atoms with Gasteiger partial charge in [-0.25, -0.2) is 4.98 Å². The number of nitrogens with two attached hydrogens (primary N) is 1. The van der Waals surface area contributed by atoms with Crippen LogP contribution in [0, 0.1) is 0 Å². The first-order valence-corrected chi connectivity index (χ1v) is 8.49. The van der Waals surface area contributed by atoms with Crippen LogP contribution in [0.15, 0.2) is 18.3 Å². The van der Waals surface area contributed by atoms with Gasteiger partial charge >= 0.3 is 0 Å². The molecule has 142 valence electrons. The van der Waals surface area contributed by atoms with Crippen molar-refractivity contribution in [3.05, 3.63) is 23.9 Å². The van der Waals surface area contributed by atoms with E-state index < -0.39 is 0 Å². The van der Waals surface area contributed by atoms with Crippen molar-refractivity contribution < 1.29 is 14.2 Å². The van der Waals surface area contributed by atoms with Crippen LogP contribution in [0.4, 0.5) is 11.8 Å². The second kappa shape index (κ2) is 7.68. The molecule has 1 aromatic carbocycles. The van der Waals surface area contributed by atoms with Gasteiger partial charge in [0.25, 0.3) is 0 Å². The van der Waals surface area contributed by atoms with Crippen molar-refractivity contribution in [3.63, 3.8) is 0 Å². The molecule has 0 saturated heterocycles. The molecule has 0 spiro atoms. The van der Waals surface area contributed by atoms with Gasteiger partial charge in [-0.05, 0) is 32.8 Å². The fraction of sp³-hybridized carbons (Fsp3) is 0.474. The van der Waals surface area contributed by atoms with Crippen LogP contribution < -0.4 is 25.3 Å². The van der Waals surface area contributed by atoms with Gasteiger partial charge in [0, 0.05) is 17.2 Å². The Morgan fingerprint density at radius 2 is 1.62 bits per heavy atom. The number of nitrogen functional groups attached to an aromatic ring is 1. The molecule has 0 radical (unpaired) electrons. The first-order valence-electron chi connectivity index (χ1n) is 8.49. The van der Waals surface area contributed by atoms with Crippen molar-refractivity contribution in [2.45, 2.75) is 46.1 Å². The van der Waals surface area contributed by atoms with Crippen LogP contribution in [0.2, 0.25) is 0 Å². The fourth-order valence-corrected chi connectivity index (χ4v) is 2.39. The second-order valence-electron chi connectivity index (χ2n) is 7.32. The third-order valence-corrected chi connectivity index (χ3v) is 3.63. The minimum Gasteiger partial charge on any atom is -0.493 e. The zero-order valence-electron chi connectivity index (χ0n) is 16.5. The summed E-state index contributed by atoms with van der Waals surface area (Å²) >= 11 is 0. The molecule has 0 amide bonds. The van der Waals surface area contributed by atoms with Gasteiger partial charge in [-0.15, -0.1) is 0 Å². The average molecular weight is 360 g/mol. The van der Waals surface area contributed by atoms with E-state index in [9.17, 15) is 0 Å². The Bertz CT molecular complexity index is 770. The third-order valence-electron chi connectivity index (χ3n) is 3.63. The molecule has 1 heterocycles. The summed E-state index contributed by atoms with van der Waals surface area (Å²) in [5.74, 6) is 3.18. The lowest BCUT2D eigenvalue weighted by Crippen LogP contribution is -2.27. The number of nitrogens with zero attached hydrogens (tertiary/aromatic N) is 2. The van der Waals surface area contributed by atoms with Gasteiger partial charge in [-0.1, -0.05) is 13.8 Å². The zero-order chi connectivity index (χ0) is 19.5. The zero-order valence-corrected chi connectivity index (χ0v) is 16.5. The first-order chi connectivity index (χ1) is 12.1. The van der Waals surface area contributed by atoms with Gasteiger partial charge in [-0.2, -0.15) is 4.98 Å². The fourth-order valence-electron chi connectivity index (χ4n) is 2.39. The Kier molecular flexibility index (Phi) is 5.79. The summed E-state index contributed by atoms with van der Waals surface area (Å²) in [4.78, 5) is 8.57. The number of nitrogens with one attached hydrogen (secondary N) is 1. The predicted octanol–water partition coefficient (Wildman–Crippen LogP) is 4.20. The Balaban J connectivity index is 2.38. The standard InChI is InChI=1S/C19H28N4O3/c1-11(2)12-8-14(24-6)15(25-7)9-13(12)26-16-10-21-18(22-17(16)20)23-19(3,4)5/h8-11H,1-7H3,(H3,20,21,22,23). The maximum atomic E-state index is 6.07. The summed E-state index contributed by atoms with van der Waals surface area (Å²) in [6.07, 6.45) is 1.57. The molecule has 0 aliphatic carbocycles. The largest absolute Gasteiger partial charge is 0.493 e. The third kappa shape index (κ3) is 4.68. The van der Waals surface area contributed by atoms with Crippen LogP contribution in [0.25, 0.3) is 0 Å². The van der Waals surface area contributed by atoms with E-state index >= 15 is 0 Å². The van der Waals surface area contributed by atoms with E-state index in [1.54, 1.807) is 26.5 Å². The maximum absolute atomic E-state index is 6.07. The molecule has 1 aromatic heterocycles. The van der Waals surface area contributed by atoms with Gasteiger partial charge in [-0.3, -0.25) is 0 Å². The van der Waals surface area contributed by atoms with Crippen molar-refractivity contribution in [1.29, 1.82) is 0 Å². The average Bonchev–Trinajstić information content (AvgIpc) is 2.55. The Morgan fingerprint density at radius 3 is 2.12 bits per heavy atom. The molecule has 0 saturated carbocycles. The number of anilines is 2. The van der Waals surface area contributed by atoms with E-state index in [2.05, 4.69) is 29.1 Å². The Labute approximate surface area is 154 Å². The number of ether oxygens (including phenoxy) is 3. The van der Waals surface area contributed by atoms with E-state index in [-0.39, 0.29) is 17.3 Å². The Hall–Kier alpha value is -2.70. The molecule has 0 aliphatic rings. The molecule has 2 aromatic rings. The smallest absolute Gasteiger partial charge is 0.225 e. The summed E-state index contributed by atoms with van der Waals surface area (Å²) in [6, 6.07) is 3.69. The number of benzene rings is 1. The van der Waals surface area contributed by atoms with Crippen molar-refractivity contribution in [2.75, 3.05) is 25.3 Å². The van der Waals surface area contributed by atoms with Gasteiger partial charge < -0.3 is 25.3 Å². The van der Waals surface area contributed by atoms with Crippen molar-refractivity contribution >= 4 is 11.8 Å². The lowest BCUT2D eigenvalue weighted by Gasteiger charge is -2.21. The van der Waals surface area contributed by atoms with Gasteiger partial charge in [0.15, 0.2) is 23.1 Å². The minimum absolute atomic E-state index is 0.164. The number of methoxy groups -OCH3 is 2. The van der Waals surface area contributed by atoms with E-state index in [0.29, 0.717) is 28.9 Å².